The molecule has 0 spiro atoms. The van der Waals surface area contributed by atoms with E-state index in [-0.39, 0.29) is 0 Å². The largest absolute Gasteiger partial charge is 0.444 e. The molecule has 0 saturated carbocycles. The molecule has 0 radical (unpaired) electrons. The van der Waals surface area contributed by atoms with E-state index in [0.29, 0.717) is 12.1 Å². The minimum absolute atomic E-state index is 0.402. The van der Waals surface area contributed by atoms with Crippen LogP contribution in [-0.4, -0.2) is 41.8 Å². The zero-order chi connectivity index (χ0) is 17.0. The van der Waals surface area contributed by atoms with E-state index in [9.17, 15) is 4.79 Å². The summed E-state index contributed by atoms with van der Waals surface area (Å²) in [5, 5.41) is 6.39. The maximum atomic E-state index is 12.0. The highest BCUT2D eigenvalue weighted by molar-refractivity contribution is 5.89. The number of benzene rings is 1. The molecule has 128 valence electrons. The van der Waals surface area contributed by atoms with Gasteiger partial charge in [0.05, 0.1) is 11.4 Å². The molecular formula is C18H29N3O2. The topological polar surface area (TPSA) is 53.6 Å². The van der Waals surface area contributed by atoms with Gasteiger partial charge in [-0.05, 0) is 53.2 Å². The van der Waals surface area contributed by atoms with Crippen molar-refractivity contribution < 1.29 is 9.53 Å². The van der Waals surface area contributed by atoms with Gasteiger partial charge in [0.25, 0.3) is 0 Å². The number of amides is 1. The lowest BCUT2D eigenvalue weighted by Crippen LogP contribution is -2.31. The summed E-state index contributed by atoms with van der Waals surface area (Å²) in [4.78, 5) is 14.4. The number of hydrogen-bond acceptors (Lipinski definition) is 4. The highest BCUT2D eigenvalue weighted by Crippen LogP contribution is 2.25. The van der Waals surface area contributed by atoms with Crippen molar-refractivity contribution in [3.8, 4) is 0 Å². The number of carbonyl (C=O) groups is 1. The number of rotatable bonds is 4. The fourth-order valence-electron chi connectivity index (χ4n) is 2.73. The molecular weight excluding hydrogens is 290 g/mol. The Hall–Kier alpha value is -1.75. The fraction of sp³-hybridized carbons (Fsp3) is 0.611. The second kappa shape index (κ2) is 7.21. The number of hydrogen-bond donors (Lipinski definition) is 2. The van der Waals surface area contributed by atoms with E-state index in [4.69, 9.17) is 4.74 Å². The molecule has 1 unspecified atom stereocenters. The fourth-order valence-corrected chi connectivity index (χ4v) is 2.73. The predicted molar refractivity (Wildman–Crippen MR) is 95.0 cm³/mol. The minimum Gasteiger partial charge on any atom is -0.444 e. The third kappa shape index (κ3) is 5.43. The molecule has 1 aromatic carbocycles. The maximum Gasteiger partial charge on any atom is 0.412 e. The summed E-state index contributed by atoms with van der Waals surface area (Å²) in [7, 11) is 0. The number of carbonyl (C=O) groups excluding carboxylic acids is 1. The SMILES string of the molecule is CC(C)N1CCC(Nc2ccccc2NC(=O)OC(C)(C)C)C1. The van der Waals surface area contributed by atoms with Crippen LogP contribution < -0.4 is 10.6 Å². The van der Waals surface area contributed by atoms with E-state index < -0.39 is 11.7 Å². The number of nitrogens with one attached hydrogen (secondary N) is 2. The van der Waals surface area contributed by atoms with Crippen molar-refractivity contribution in [2.24, 2.45) is 0 Å². The summed E-state index contributed by atoms with van der Waals surface area (Å²) in [5.41, 5.74) is 1.19. The Morgan fingerprint density at radius 3 is 2.48 bits per heavy atom. The normalized spacial score (nSPS) is 19.0. The van der Waals surface area contributed by atoms with Gasteiger partial charge in [0.2, 0.25) is 0 Å². The summed E-state index contributed by atoms with van der Waals surface area (Å²) in [6.07, 6.45) is 0.681. The number of ether oxygens (including phenoxy) is 1. The number of likely N-dealkylation sites (tertiary alicyclic amines) is 1. The van der Waals surface area contributed by atoms with Gasteiger partial charge < -0.3 is 10.1 Å². The van der Waals surface area contributed by atoms with Crippen LogP contribution in [0.2, 0.25) is 0 Å². The van der Waals surface area contributed by atoms with Gasteiger partial charge in [-0.3, -0.25) is 10.2 Å². The van der Waals surface area contributed by atoms with Crippen LogP contribution in [0.25, 0.3) is 0 Å². The van der Waals surface area contributed by atoms with Crippen LogP contribution in [0.15, 0.2) is 24.3 Å². The van der Waals surface area contributed by atoms with Crippen LogP contribution in [0.4, 0.5) is 16.2 Å². The van der Waals surface area contributed by atoms with Crippen LogP contribution in [-0.2, 0) is 4.74 Å². The summed E-state index contributed by atoms with van der Waals surface area (Å²) in [5.74, 6) is 0. The first-order valence-electron chi connectivity index (χ1n) is 8.34. The molecule has 1 fully saturated rings. The summed E-state index contributed by atoms with van der Waals surface area (Å²) in [6.45, 7) is 12.2. The van der Waals surface area contributed by atoms with Crippen molar-refractivity contribution in [1.82, 2.24) is 4.90 Å². The van der Waals surface area contributed by atoms with Crippen molar-refractivity contribution in [3.05, 3.63) is 24.3 Å². The molecule has 1 aromatic rings. The Labute approximate surface area is 139 Å². The monoisotopic (exact) mass is 319 g/mol. The lowest BCUT2D eigenvalue weighted by Gasteiger charge is -2.23. The molecule has 2 rings (SSSR count). The van der Waals surface area contributed by atoms with Crippen molar-refractivity contribution >= 4 is 17.5 Å². The Balaban J connectivity index is 1.99. The van der Waals surface area contributed by atoms with Crippen LogP contribution >= 0.6 is 0 Å². The van der Waals surface area contributed by atoms with Gasteiger partial charge in [0, 0.05) is 25.2 Å². The minimum atomic E-state index is -0.504. The molecule has 1 saturated heterocycles. The zero-order valence-electron chi connectivity index (χ0n) is 14.8. The summed E-state index contributed by atoms with van der Waals surface area (Å²) < 4.78 is 5.33. The molecule has 0 aromatic heterocycles. The average Bonchev–Trinajstić information content (AvgIpc) is 2.87. The zero-order valence-corrected chi connectivity index (χ0v) is 14.8. The first-order valence-corrected chi connectivity index (χ1v) is 8.34. The van der Waals surface area contributed by atoms with Gasteiger partial charge >= 0.3 is 6.09 Å². The first kappa shape index (κ1) is 17.6. The molecule has 23 heavy (non-hydrogen) atoms. The summed E-state index contributed by atoms with van der Waals surface area (Å²) >= 11 is 0. The average molecular weight is 319 g/mol. The highest BCUT2D eigenvalue weighted by Gasteiger charge is 2.25. The molecule has 5 heteroatoms. The predicted octanol–water partition coefficient (Wildman–Crippen LogP) is 3.93. The van der Waals surface area contributed by atoms with E-state index in [1.165, 1.54) is 0 Å². The van der Waals surface area contributed by atoms with Crippen molar-refractivity contribution in [2.45, 2.75) is 58.7 Å². The molecule has 1 heterocycles. The van der Waals surface area contributed by atoms with Crippen molar-refractivity contribution in [2.75, 3.05) is 23.7 Å². The Morgan fingerprint density at radius 1 is 1.26 bits per heavy atom. The molecule has 1 aliphatic heterocycles. The molecule has 2 N–H and O–H groups in total. The quantitative estimate of drug-likeness (QED) is 0.883. The van der Waals surface area contributed by atoms with Gasteiger partial charge in [0.15, 0.2) is 0 Å². The highest BCUT2D eigenvalue weighted by atomic mass is 16.6. The second-order valence-electron chi connectivity index (χ2n) is 7.39. The third-order valence-electron chi connectivity index (χ3n) is 3.87. The Bertz CT molecular complexity index is 537. The molecule has 5 nitrogen and oxygen atoms in total. The van der Waals surface area contributed by atoms with Gasteiger partial charge in [-0.2, -0.15) is 0 Å². The molecule has 1 amide bonds. The smallest absolute Gasteiger partial charge is 0.412 e. The van der Waals surface area contributed by atoms with Crippen molar-refractivity contribution in [3.63, 3.8) is 0 Å². The van der Waals surface area contributed by atoms with Crippen molar-refractivity contribution in [1.29, 1.82) is 0 Å². The number of anilines is 2. The molecule has 0 bridgehead atoms. The lowest BCUT2D eigenvalue weighted by molar-refractivity contribution is 0.0636. The van der Waals surface area contributed by atoms with Gasteiger partial charge in [-0.25, -0.2) is 4.79 Å². The van der Waals surface area contributed by atoms with Gasteiger partial charge in [0.1, 0.15) is 5.60 Å². The molecule has 1 aliphatic rings. The first-order chi connectivity index (χ1) is 10.7. The third-order valence-corrected chi connectivity index (χ3v) is 3.87. The van der Waals surface area contributed by atoms with E-state index in [2.05, 4.69) is 29.4 Å². The lowest BCUT2D eigenvalue weighted by atomic mass is 10.2. The number of nitrogens with zero attached hydrogens (tertiary/aromatic N) is 1. The second-order valence-corrected chi connectivity index (χ2v) is 7.39. The van der Waals surface area contributed by atoms with E-state index in [0.717, 1.165) is 30.9 Å². The number of para-hydroxylation sites is 2. The summed E-state index contributed by atoms with van der Waals surface area (Å²) in [6, 6.07) is 8.73. The van der Waals surface area contributed by atoms with E-state index in [1.54, 1.807) is 0 Å². The standard InChI is InChI=1S/C18H29N3O2/c1-13(2)21-11-10-14(12-21)19-15-8-6-7-9-16(15)20-17(22)23-18(3,4)5/h6-9,13-14,19H,10-12H2,1-5H3,(H,20,22). The maximum absolute atomic E-state index is 12.0. The Kier molecular flexibility index (Phi) is 5.52. The van der Waals surface area contributed by atoms with Crippen LogP contribution in [0, 0.1) is 0 Å². The van der Waals surface area contributed by atoms with Crippen LogP contribution in [0.3, 0.4) is 0 Å². The van der Waals surface area contributed by atoms with Gasteiger partial charge in [-0.15, -0.1) is 0 Å². The Morgan fingerprint density at radius 2 is 1.91 bits per heavy atom. The van der Waals surface area contributed by atoms with Crippen LogP contribution in [0.5, 0.6) is 0 Å². The molecule has 0 aliphatic carbocycles. The van der Waals surface area contributed by atoms with Crippen LogP contribution in [0.1, 0.15) is 41.0 Å². The van der Waals surface area contributed by atoms with E-state index >= 15 is 0 Å². The molecule has 1 atom stereocenters. The van der Waals surface area contributed by atoms with Gasteiger partial charge in [-0.1, -0.05) is 12.1 Å². The van der Waals surface area contributed by atoms with E-state index in [1.807, 2.05) is 45.0 Å².